The van der Waals surface area contributed by atoms with E-state index in [-0.39, 0.29) is 23.8 Å². The van der Waals surface area contributed by atoms with E-state index < -0.39 is 12.5 Å². The van der Waals surface area contributed by atoms with E-state index in [9.17, 15) is 18.4 Å². The Bertz CT molecular complexity index is 829. The molecule has 0 unspecified atom stereocenters. The van der Waals surface area contributed by atoms with Crippen molar-refractivity contribution < 1.29 is 23.1 Å². The fourth-order valence-corrected chi connectivity index (χ4v) is 3.00. The van der Waals surface area contributed by atoms with Crippen LogP contribution in [0.1, 0.15) is 22.3 Å². The molecule has 0 bridgehead atoms. The maximum absolute atomic E-state index is 12.3. The molecule has 3 rings (SSSR count). The van der Waals surface area contributed by atoms with E-state index in [0.29, 0.717) is 0 Å². The zero-order valence-electron chi connectivity index (χ0n) is 14.5. The SMILES string of the molecule is O=C(CN1CCCc2ccccc21)NNC(=O)c1cccc(OC(F)F)c1. The molecule has 2 aromatic rings. The fourth-order valence-electron chi connectivity index (χ4n) is 3.00. The van der Waals surface area contributed by atoms with Crippen LogP contribution >= 0.6 is 0 Å². The number of hydrogen-bond acceptors (Lipinski definition) is 4. The van der Waals surface area contributed by atoms with E-state index in [1.54, 1.807) is 0 Å². The molecular weight excluding hydrogens is 356 g/mol. The number of alkyl halides is 2. The van der Waals surface area contributed by atoms with Crippen molar-refractivity contribution in [2.75, 3.05) is 18.0 Å². The molecule has 27 heavy (non-hydrogen) atoms. The van der Waals surface area contributed by atoms with Crippen molar-refractivity contribution in [3.63, 3.8) is 0 Å². The van der Waals surface area contributed by atoms with Crippen LogP contribution in [0.5, 0.6) is 5.75 Å². The summed E-state index contributed by atoms with van der Waals surface area (Å²) in [4.78, 5) is 26.2. The lowest BCUT2D eigenvalue weighted by molar-refractivity contribution is -0.120. The van der Waals surface area contributed by atoms with Crippen molar-refractivity contribution in [1.82, 2.24) is 10.9 Å². The zero-order chi connectivity index (χ0) is 19.2. The normalized spacial score (nSPS) is 13.1. The number of aryl methyl sites for hydroxylation is 1. The summed E-state index contributed by atoms with van der Waals surface area (Å²) >= 11 is 0. The third-order valence-corrected chi connectivity index (χ3v) is 4.18. The molecule has 1 aliphatic heterocycles. The van der Waals surface area contributed by atoms with E-state index in [1.165, 1.54) is 29.8 Å². The molecule has 0 saturated heterocycles. The van der Waals surface area contributed by atoms with E-state index in [4.69, 9.17) is 0 Å². The van der Waals surface area contributed by atoms with Crippen molar-refractivity contribution in [1.29, 1.82) is 0 Å². The standard InChI is InChI=1S/C19H19F2N3O3/c20-19(21)27-15-8-3-6-14(11-15)18(26)23-22-17(25)12-24-10-4-7-13-5-1-2-9-16(13)24/h1-3,5-6,8-9,11,19H,4,7,10,12H2,(H,22,25)(H,23,26). The first kappa shape index (κ1) is 18.6. The summed E-state index contributed by atoms with van der Waals surface area (Å²) in [6, 6.07) is 13.2. The third kappa shape index (κ3) is 4.93. The highest BCUT2D eigenvalue weighted by atomic mass is 19.3. The van der Waals surface area contributed by atoms with Crippen molar-refractivity contribution in [2.45, 2.75) is 19.5 Å². The van der Waals surface area contributed by atoms with Crippen LogP contribution in [0.15, 0.2) is 48.5 Å². The molecule has 1 aliphatic rings. The van der Waals surface area contributed by atoms with Crippen molar-refractivity contribution >= 4 is 17.5 Å². The highest BCUT2D eigenvalue weighted by Gasteiger charge is 2.19. The van der Waals surface area contributed by atoms with Crippen LogP contribution in [0, 0.1) is 0 Å². The van der Waals surface area contributed by atoms with Gasteiger partial charge in [0, 0.05) is 17.8 Å². The van der Waals surface area contributed by atoms with Gasteiger partial charge in [-0.05, 0) is 42.7 Å². The number of anilines is 1. The topological polar surface area (TPSA) is 70.7 Å². The maximum Gasteiger partial charge on any atom is 0.387 e. The average Bonchev–Trinajstić information content (AvgIpc) is 2.66. The van der Waals surface area contributed by atoms with E-state index in [1.807, 2.05) is 29.2 Å². The fraction of sp³-hybridized carbons (Fsp3) is 0.263. The van der Waals surface area contributed by atoms with Gasteiger partial charge in [-0.25, -0.2) is 0 Å². The number of carbonyl (C=O) groups excluding carboxylic acids is 2. The number of benzene rings is 2. The Labute approximate surface area is 155 Å². The van der Waals surface area contributed by atoms with Crippen LogP contribution < -0.4 is 20.5 Å². The van der Waals surface area contributed by atoms with Gasteiger partial charge in [-0.1, -0.05) is 24.3 Å². The van der Waals surface area contributed by atoms with E-state index >= 15 is 0 Å². The van der Waals surface area contributed by atoms with Gasteiger partial charge in [0.15, 0.2) is 0 Å². The predicted octanol–water partition coefficient (Wildman–Crippen LogP) is 2.50. The number of rotatable bonds is 5. The summed E-state index contributed by atoms with van der Waals surface area (Å²) in [5.41, 5.74) is 6.94. The molecule has 2 amide bonds. The monoisotopic (exact) mass is 375 g/mol. The number of nitrogens with one attached hydrogen (secondary N) is 2. The van der Waals surface area contributed by atoms with E-state index in [0.717, 1.165) is 25.1 Å². The first-order chi connectivity index (χ1) is 13.0. The molecule has 0 saturated carbocycles. The van der Waals surface area contributed by atoms with Gasteiger partial charge in [-0.2, -0.15) is 8.78 Å². The van der Waals surface area contributed by atoms with Gasteiger partial charge in [0.25, 0.3) is 11.8 Å². The number of fused-ring (bicyclic) bond motifs is 1. The first-order valence-electron chi connectivity index (χ1n) is 8.50. The quantitative estimate of drug-likeness (QED) is 0.788. The molecule has 0 aromatic heterocycles. The number of hydrazine groups is 1. The second-order valence-corrected chi connectivity index (χ2v) is 6.06. The Morgan fingerprint density at radius 1 is 1.11 bits per heavy atom. The lowest BCUT2D eigenvalue weighted by atomic mass is 10.0. The van der Waals surface area contributed by atoms with Gasteiger partial charge >= 0.3 is 6.61 Å². The first-order valence-corrected chi connectivity index (χ1v) is 8.50. The second kappa shape index (κ2) is 8.48. The summed E-state index contributed by atoms with van der Waals surface area (Å²) in [6.07, 6.45) is 1.93. The maximum atomic E-state index is 12.3. The van der Waals surface area contributed by atoms with Gasteiger partial charge < -0.3 is 9.64 Å². The number of para-hydroxylation sites is 1. The minimum atomic E-state index is -2.98. The molecule has 6 nitrogen and oxygen atoms in total. The molecule has 0 aliphatic carbocycles. The second-order valence-electron chi connectivity index (χ2n) is 6.06. The Morgan fingerprint density at radius 2 is 1.93 bits per heavy atom. The summed E-state index contributed by atoms with van der Waals surface area (Å²) in [5, 5.41) is 0. The summed E-state index contributed by atoms with van der Waals surface area (Å²) in [5.74, 6) is -1.13. The van der Waals surface area contributed by atoms with Crippen molar-refractivity contribution in [2.24, 2.45) is 0 Å². The van der Waals surface area contributed by atoms with Crippen LogP contribution in [-0.2, 0) is 11.2 Å². The number of halogens is 2. The lowest BCUT2D eigenvalue weighted by Crippen LogP contribution is -2.47. The van der Waals surface area contributed by atoms with Gasteiger partial charge in [-0.3, -0.25) is 20.4 Å². The molecule has 8 heteroatoms. The number of nitrogens with zero attached hydrogens (tertiary/aromatic N) is 1. The molecule has 2 N–H and O–H groups in total. The number of ether oxygens (including phenoxy) is 1. The van der Waals surface area contributed by atoms with Gasteiger partial charge in [0.1, 0.15) is 5.75 Å². The zero-order valence-corrected chi connectivity index (χ0v) is 14.5. The van der Waals surface area contributed by atoms with Crippen molar-refractivity contribution in [3.8, 4) is 5.75 Å². The molecule has 0 fully saturated rings. The summed E-state index contributed by atoms with van der Waals surface area (Å²) < 4.78 is 28.8. The number of hydrogen-bond donors (Lipinski definition) is 2. The molecular formula is C19H19F2N3O3. The Morgan fingerprint density at radius 3 is 2.74 bits per heavy atom. The molecule has 2 aromatic carbocycles. The predicted molar refractivity (Wildman–Crippen MR) is 95.7 cm³/mol. The Hall–Kier alpha value is -3.16. The van der Waals surface area contributed by atoms with Crippen LogP contribution in [0.25, 0.3) is 0 Å². The molecule has 0 atom stereocenters. The molecule has 0 radical (unpaired) electrons. The van der Waals surface area contributed by atoms with Gasteiger partial charge in [0.2, 0.25) is 0 Å². The highest BCUT2D eigenvalue weighted by molar-refractivity contribution is 5.96. The van der Waals surface area contributed by atoms with Crippen molar-refractivity contribution in [3.05, 3.63) is 59.7 Å². The highest BCUT2D eigenvalue weighted by Crippen LogP contribution is 2.26. The van der Waals surface area contributed by atoms with Gasteiger partial charge in [-0.15, -0.1) is 0 Å². The minimum absolute atomic E-state index is 0.0942. The minimum Gasteiger partial charge on any atom is -0.435 e. The Kier molecular flexibility index (Phi) is 5.85. The largest absolute Gasteiger partial charge is 0.435 e. The third-order valence-electron chi connectivity index (χ3n) is 4.18. The Balaban J connectivity index is 1.55. The number of amides is 2. The molecule has 1 heterocycles. The average molecular weight is 375 g/mol. The summed E-state index contributed by atoms with van der Waals surface area (Å²) in [6.45, 7) is -2.12. The molecule has 142 valence electrons. The van der Waals surface area contributed by atoms with Gasteiger partial charge in [0.05, 0.1) is 6.54 Å². The smallest absolute Gasteiger partial charge is 0.387 e. The van der Waals surface area contributed by atoms with Crippen LogP contribution in [0.4, 0.5) is 14.5 Å². The van der Waals surface area contributed by atoms with Crippen LogP contribution in [-0.4, -0.2) is 31.5 Å². The van der Waals surface area contributed by atoms with Crippen LogP contribution in [0.2, 0.25) is 0 Å². The number of carbonyl (C=O) groups is 2. The molecule has 0 spiro atoms. The lowest BCUT2D eigenvalue weighted by Gasteiger charge is -2.30. The summed E-state index contributed by atoms with van der Waals surface area (Å²) in [7, 11) is 0. The van der Waals surface area contributed by atoms with Crippen LogP contribution in [0.3, 0.4) is 0 Å². The van der Waals surface area contributed by atoms with E-state index in [2.05, 4.69) is 15.6 Å².